The lowest BCUT2D eigenvalue weighted by Crippen LogP contribution is -2.55. The summed E-state index contributed by atoms with van der Waals surface area (Å²) < 4.78 is 7.51. The number of rotatable bonds is 4. The molecule has 174 valence electrons. The maximum Gasteiger partial charge on any atom is 0.159 e. The minimum absolute atomic E-state index is 0.242. The fourth-order valence-electron chi connectivity index (χ4n) is 6.45. The number of aromatic nitrogens is 4. The molecule has 2 saturated heterocycles. The van der Waals surface area contributed by atoms with Crippen LogP contribution in [0.2, 0.25) is 0 Å². The number of nitrogens with zero attached hydrogens (tertiary/aromatic N) is 7. The lowest BCUT2D eigenvalue weighted by Gasteiger charge is -2.43. The first-order valence-electron chi connectivity index (χ1n) is 12.4. The summed E-state index contributed by atoms with van der Waals surface area (Å²) in [4.78, 5) is 14.1. The normalized spacial score (nSPS) is 30.1. The van der Waals surface area contributed by atoms with Crippen molar-refractivity contribution in [2.45, 2.75) is 50.1 Å². The van der Waals surface area contributed by atoms with Crippen molar-refractivity contribution in [3.05, 3.63) is 42.4 Å². The van der Waals surface area contributed by atoms with Gasteiger partial charge in [0.2, 0.25) is 0 Å². The molecule has 1 spiro atoms. The quantitative estimate of drug-likeness (QED) is 0.598. The zero-order valence-electron chi connectivity index (χ0n) is 19.5. The summed E-state index contributed by atoms with van der Waals surface area (Å²) in [6.45, 7) is 6.91. The van der Waals surface area contributed by atoms with Gasteiger partial charge in [0.05, 0.1) is 29.8 Å². The molecule has 2 aliphatic carbocycles. The minimum atomic E-state index is -0.312. The molecule has 0 amide bonds. The van der Waals surface area contributed by atoms with Gasteiger partial charge in [-0.25, -0.2) is 14.6 Å². The second-order valence-electron chi connectivity index (χ2n) is 10.6. The first kappa shape index (κ1) is 20.4. The second kappa shape index (κ2) is 7.24. The van der Waals surface area contributed by atoms with Crippen LogP contribution >= 0.6 is 0 Å². The molecule has 2 saturated carbocycles. The van der Waals surface area contributed by atoms with E-state index in [4.69, 9.17) is 4.74 Å². The standard InChI is InChI=1S/C26H29N7O/c1-18-13-31(7-8-32(18)21-4-9-34-14-21)23-11-24(29-17-28-23)33-22-10-20(3-2-19(22)12-30-33)26(16-27)15-25(26)5-6-25/h2-3,10-12,17-18,21H,4-9,13-15H2,1H3/t18-,21?,26-/m1/s1. The first-order chi connectivity index (χ1) is 16.6. The van der Waals surface area contributed by atoms with Crippen LogP contribution < -0.4 is 4.90 Å². The number of hydrogen-bond donors (Lipinski definition) is 0. The van der Waals surface area contributed by atoms with Gasteiger partial charge in [-0.2, -0.15) is 10.4 Å². The molecule has 1 aromatic carbocycles. The fourth-order valence-corrected chi connectivity index (χ4v) is 6.45. The Labute approximate surface area is 199 Å². The highest BCUT2D eigenvalue weighted by Crippen LogP contribution is 2.78. The topological polar surface area (TPSA) is 83.1 Å². The molecule has 0 radical (unpaired) electrons. The van der Waals surface area contributed by atoms with E-state index in [0.717, 1.165) is 73.8 Å². The molecule has 8 heteroatoms. The van der Waals surface area contributed by atoms with Gasteiger partial charge in [0, 0.05) is 49.8 Å². The van der Waals surface area contributed by atoms with Crippen molar-refractivity contribution in [3.63, 3.8) is 0 Å². The highest BCUT2D eigenvalue weighted by Gasteiger charge is 2.75. The molecule has 4 heterocycles. The molecule has 4 aliphatic rings. The average Bonchev–Trinajstić information content (AvgIpc) is 3.60. The van der Waals surface area contributed by atoms with E-state index in [-0.39, 0.29) is 10.8 Å². The van der Waals surface area contributed by atoms with Crippen LogP contribution in [0, 0.1) is 16.7 Å². The Morgan fingerprint density at radius 2 is 2.03 bits per heavy atom. The molecule has 2 aromatic heterocycles. The van der Waals surface area contributed by atoms with Crippen LogP contribution in [0.4, 0.5) is 5.82 Å². The van der Waals surface area contributed by atoms with Crippen LogP contribution in [-0.2, 0) is 10.2 Å². The van der Waals surface area contributed by atoms with Crippen molar-refractivity contribution in [2.24, 2.45) is 5.41 Å². The third-order valence-electron chi connectivity index (χ3n) is 8.72. The molecule has 1 unspecified atom stereocenters. The Morgan fingerprint density at radius 1 is 1.15 bits per heavy atom. The molecule has 7 rings (SSSR count). The maximum atomic E-state index is 9.98. The lowest BCUT2D eigenvalue weighted by atomic mass is 9.93. The summed E-state index contributed by atoms with van der Waals surface area (Å²) in [7, 11) is 0. The number of ether oxygens (including phenoxy) is 1. The molecule has 4 fully saturated rings. The van der Waals surface area contributed by atoms with Gasteiger partial charge in [-0.15, -0.1) is 0 Å². The number of benzene rings is 1. The van der Waals surface area contributed by atoms with Crippen LogP contribution in [0.5, 0.6) is 0 Å². The van der Waals surface area contributed by atoms with Crippen molar-refractivity contribution in [1.82, 2.24) is 24.6 Å². The van der Waals surface area contributed by atoms with E-state index < -0.39 is 0 Å². The summed E-state index contributed by atoms with van der Waals surface area (Å²) in [6, 6.07) is 12.0. The van der Waals surface area contributed by atoms with Gasteiger partial charge in [0.25, 0.3) is 0 Å². The van der Waals surface area contributed by atoms with E-state index in [1.165, 1.54) is 12.8 Å². The van der Waals surface area contributed by atoms with Crippen LogP contribution in [0.1, 0.15) is 38.2 Å². The zero-order chi connectivity index (χ0) is 22.9. The van der Waals surface area contributed by atoms with Gasteiger partial charge in [-0.3, -0.25) is 4.90 Å². The minimum Gasteiger partial charge on any atom is -0.380 e. The summed E-state index contributed by atoms with van der Waals surface area (Å²) in [6.07, 6.45) is 7.99. The van der Waals surface area contributed by atoms with E-state index in [9.17, 15) is 5.26 Å². The number of anilines is 1. The SMILES string of the molecule is C[C@@H]1CN(c2cc(-n3ncc4ccc([C@]5(C#N)CC56CC6)cc43)ncn2)CCN1C1CCOC1. The van der Waals surface area contributed by atoms with Crippen LogP contribution in [0.3, 0.4) is 0 Å². The fraction of sp³-hybridized carbons (Fsp3) is 0.538. The van der Waals surface area contributed by atoms with Crippen molar-refractivity contribution in [1.29, 1.82) is 5.26 Å². The van der Waals surface area contributed by atoms with Gasteiger partial charge in [0.1, 0.15) is 12.1 Å². The third-order valence-corrected chi connectivity index (χ3v) is 8.72. The number of fused-ring (bicyclic) bond motifs is 1. The van der Waals surface area contributed by atoms with Gasteiger partial charge >= 0.3 is 0 Å². The number of nitriles is 1. The van der Waals surface area contributed by atoms with E-state index in [1.54, 1.807) is 6.33 Å². The number of hydrogen-bond acceptors (Lipinski definition) is 7. The van der Waals surface area contributed by atoms with Crippen molar-refractivity contribution >= 4 is 16.7 Å². The molecule has 3 atom stereocenters. The van der Waals surface area contributed by atoms with Crippen LogP contribution in [-0.4, -0.2) is 69.6 Å². The summed E-state index contributed by atoms with van der Waals surface area (Å²) in [5.41, 5.74) is 2.05. The predicted octanol–water partition coefficient (Wildman–Crippen LogP) is 3.06. The monoisotopic (exact) mass is 455 g/mol. The Bertz CT molecular complexity index is 1300. The van der Waals surface area contributed by atoms with Crippen LogP contribution in [0.15, 0.2) is 36.8 Å². The van der Waals surface area contributed by atoms with E-state index in [2.05, 4.69) is 56.1 Å². The molecule has 3 aromatic rings. The molecular formula is C26H29N7O. The molecule has 8 nitrogen and oxygen atoms in total. The molecule has 34 heavy (non-hydrogen) atoms. The molecular weight excluding hydrogens is 426 g/mol. The summed E-state index contributed by atoms with van der Waals surface area (Å²) in [5, 5.41) is 15.7. The van der Waals surface area contributed by atoms with Crippen molar-refractivity contribution < 1.29 is 4.74 Å². The smallest absolute Gasteiger partial charge is 0.159 e. The molecule has 2 aliphatic heterocycles. The lowest BCUT2D eigenvalue weighted by molar-refractivity contribution is 0.105. The van der Waals surface area contributed by atoms with E-state index in [0.29, 0.717) is 12.1 Å². The highest BCUT2D eigenvalue weighted by molar-refractivity contribution is 5.82. The van der Waals surface area contributed by atoms with Gasteiger partial charge in [0.15, 0.2) is 5.82 Å². The van der Waals surface area contributed by atoms with Gasteiger partial charge < -0.3 is 9.64 Å². The Balaban J connectivity index is 1.17. The largest absolute Gasteiger partial charge is 0.380 e. The van der Waals surface area contributed by atoms with Crippen molar-refractivity contribution in [2.75, 3.05) is 37.7 Å². The predicted molar refractivity (Wildman–Crippen MR) is 128 cm³/mol. The van der Waals surface area contributed by atoms with E-state index >= 15 is 0 Å². The van der Waals surface area contributed by atoms with Gasteiger partial charge in [-0.1, -0.05) is 12.1 Å². The Morgan fingerprint density at radius 3 is 2.76 bits per heavy atom. The zero-order valence-corrected chi connectivity index (χ0v) is 19.5. The molecule has 0 bridgehead atoms. The Hall–Kier alpha value is -3.02. The maximum absolute atomic E-state index is 9.98. The van der Waals surface area contributed by atoms with Gasteiger partial charge in [-0.05, 0) is 49.7 Å². The third kappa shape index (κ3) is 2.93. The van der Waals surface area contributed by atoms with E-state index in [1.807, 2.05) is 16.9 Å². The number of piperazine rings is 1. The first-order valence-corrected chi connectivity index (χ1v) is 12.4. The Kier molecular flexibility index (Phi) is 4.33. The molecule has 0 N–H and O–H groups in total. The van der Waals surface area contributed by atoms with Crippen LogP contribution in [0.25, 0.3) is 16.7 Å². The summed E-state index contributed by atoms with van der Waals surface area (Å²) in [5.74, 6) is 1.70. The second-order valence-corrected chi connectivity index (χ2v) is 10.6. The average molecular weight is 456 g/mol. The summed E-state index contributed by atoms with van der Waals surface area (Å²) >= 11 is 0. The van der Waals surface area contributed by atoms with Crippen molar-refractivity contribution in [3.8, 4) is 11.9 Å². The highest BCUT2D eigenvalue weighted by atomic mass is 16.5.